The van der Waals surface area contributed by atoms with Gasteiger partial charge in [0.1, 0.15) is 0 Å². The maximum absolute atomic E-state index is 13.1. The topological polar surface area (TPSA) is 12.9 Å². The van der Waals surface area contributed by atoms with Crippen LogP contribution in [0.2, 0.25) is 0 Å². The van der Waals surface area contributed by atoms with Crippen LogP contribution in [0, 0.1) is 0 Å². The number of hydrogen-bond donors (Lipinski definition) is 0. The zero-order chi connectivity index (χ0) is 14.2. The van der Waals surface area contributed by atoms with Gasteiger partial charge in [-0.25, -0.2) is 0 Å². The van der Waals surface area contributed by atoms with E-state index < -0.39 is 11.7 Å². The number of benzene rings is 1. The minimum atomic E-state index is -4.33. The van der Waals surface area contributed by atoms with Gasteiger partial charge >= 0.3 is 6.18 Å². The maximum atomic E-state index is 13.1. The molecule has 0 N–H and O–H groups in total. The number of nitrogens with zero attached hydrogens (tertiary/aromatic N) is 1. The highest BCUT2D eigenvalue weighted by Crippen LogP contribution is 2.40. The van der Waals surface area contributed by atoms with Crippen LogP contribution < -0.4 is 0 Å². The lowest BCUT2D eigenvalue weighted by Gasteiger charge is -2.23. The van der Waals surface area contributed by atoms with Crippen molar-refractivity contribution in [1.82, 2.24) is 4.98 Å². The molecule has 1 nitrogen and oxygen atoms in total. The van der Waals surface area contributed by atoms with Gasteiger partial charge in [-0.05, 0) is 36.5 Å². The Bertz CT molecular complexity index is 613. The highest BCUT2D eigenvalue weighted by molar-refractivity contribution is 5.86. The van der Waals surface area contributed by atoms with Gasteiger partial charge in [0.05, 0.1) is 11.1 Å². The van der Waals surface area contributed by atoms with Crippen LogP contribution in [0.25, 0.3) is 10.9 Å². The maximum Gasteiger partial charge on any atom is 0.417 e. The van der Waals surface area contributed by atoms with Crippen LogP contribution in [-0.4, -0.2) is 4.98 Å². The van der Waals surface area contributed by atoms with Crippen LogP contribution in [-0.2, 0) is 6.18 Å². The highest BCUT2D eigenvalue weighted by atomic mass is 19.4. The summed E-state index contributed by atoms with van der Waals surface area (Å²) in [4.78, 5) is 4.23. The fourth-order valence-electron chi connectivity index (χ4n) is 3.18. The van der Waals surface area contributed by atoms with Gasteiger partial charge in [0.15, 0.2) is 0 Å². The predicted octanol–water partition coefficient (Wildman–Crippen LogP) is 5.30. The van der Waals surface area contributed by atoms with E-state index in [4.69, 9.17) is 0 Å². The molecule has 1 aliphatic carbocycles. The summed E-state index contributed by atoms with van der Waals surface area (Å²) in [5.41, 5.74) is 0.919. The molecule has 0 radical (unpaired) electrons. The van der Waals surface area contributed by atoms with Crippen molar-refractivity contribution in [2.24, 2.45) is 0 Å². The lowest BCUT2D eigenvalue weighted by Crippen LogP contribution is -2.10. The summed E-state index contributed by atoms with van der Waals surface area (Å²) in [6.07, 6.45) is 2.89. The molecule has 1 heterocycles. The number of halogens is 3. The van der Waals surface area contributed by atoms with Crippen LogP contribution in [0.1, 0.15) is 49.1 Å². The van der Waals surface area contributed by atoms with E-state index in [9.17, 15) is 13.2 Å². The number of rotatable bonds is 1. The Morgan fingerprint density at radius 2 is 1.75 bits per heavy atom. The standard InChI is InChI=1S/C16H16F3N/c17-16(18,19)14-9-8-12(11-5-2-1-3-6-11)15-13(14)7-4-10-20-15/h4,7-11H,1-3,5-6H2. The molecule has 0 saturated heterocycles. The zero-order valence-electron chi connectivity index (χ0n) is 11.1. The Kier molecular flexibility index (Phi) is 3.40. The molecule has 1 fully saturated rings. The first kappa shape index (κ1) is 13.4. The number of hydrogen-bond acceptors (Lipinski definition) is 1. The van der Waals surface area contributed by atoms with E-state index >= 15 is 0 Å². The SMILES string of the molecule is FC(F)(F)c1ccc(C2CCCCC2)c2ncccc12. The molecule has 1 aromatic heterocycles. The van der Waals surface area contributed by atoms with E-state index in [0.29, 0.717) is 11.4 Å². The summed E-state index contributed by atoms with van der Waals surface area (Å²) in [6.45, 7) is 0. The molecule has 0 unspecified atom stereocenters. The third-order valence-corrected chi connectivity index (χ3v) is 4.15. The highest BCUT2D eigenvalue weighted by Gasteiger charge is 2.33. The predicted molar refractivity (Wildman–Crippen MR) is 72.6 cm³/mol. The third-order valence-electron chi connectivity index (χ3n) is 4.15. The molecule has 2 aromatic rings. The minimum Gasteiger partial charge on any atom is -0.256 e. The molecule has 0 amide bonds. The van der Waals surface area contributed by atoms with Crippen molar-refractivity contribution < 1.29 is 13.2 Å². The first-order chi connectivity index (χ1) is 9.57. The minimum absolute atomic E-state index is 0.225. The molecular formula is C16H16F3N. The first-order valence-corrected chi connectivity index (χ1v) is 7.02. The summed E-state index contributed by atoms with van der Waals surface area (Å²) in [7, 11) is 0. The Balaban J connectivity index is 2.16. The van der Waals surface area contributed by atoms with E-state index in [-0.39, 0.29) is 5.39 Å². The van der Waals surface area contributed by atoms with Gasteiger partial charge in [-0.1, -0.05) is 31.4 Å². The smallest absolute Gasteiger partial charge is 0.256 e. The van der Waals surface area contributed by atoms with Crippen LogP contribution in [0.5, 0.6) is 0 Å². The molecule has 1 aliphatic rings. The molecule has 0 atom stereocenters. The molecule has 4 heteroatoms. The van der Waals surface area contributed by atoms with Crippen molar-refractivity contribution >= 4 is 10.9 Å². The Morgan fingerprint density at radius 1 is 1.00 bits per heavy atom. The van der Waals surface area contributed by atoms with Gasteiger partial charge in [0.2, 0.25) is 0 Å². The van der Waals surface area contributed by atoms with E-state index in [2.05, 4.69) is 4.98 Å². The fraction of sp³-hybridized carbons (Fsp3) is 0.438. The second-order valence-corrected chi connectivity index (χ2v) is 5.43. The number of pyridine rings is 1. The molecule has 0 aliphatic heterocycles. The molecule has 1 saturated carbocycles. The van der Waals surface area contributed by atoms with Crippen molar-refractivity contribution in [3.63, 3.8) is 0 Å². The van der Waals surface area contributed by atoms with Crippen molar-refractivity contribution in [1.29, 1.82) is 0 Å². The second kappa shape index (κ2) is 5.08. The van der Waals surface area contributed by atoms with Crippen LogP contribution in [0.4, 0.5) is 13.2 Å². The Hall–Kier alpha value is -1.58. The van der Waals surface area contributed by atoms with Crippen LogP contribution >= 0.6 is 0 Å². The number of aromatic nitrogens is 1. The van der Waals surface area contributed by atoms with Gasteiger partial charge in [-0.3, -0.25) is 4.98 Å². The Morgan fingerprint density at radius 3 is 2.45 bits per heavy atom. The van der Waals surface area contributed by atoms with E-state index in [1.165, 1.54) is 18.6 Å². The summed E-state index contributed by atoms with van der Waals surface area (Å²) in [5, 5.41) is 0.225. The molecule has 20 heavy (non-hydrogen) atoms. The van der Waals surface area contributed by atoms with Crippen LogP contribution in [0.3, 0.4) is 0 Å². The summed E-state index contributed by atoms with van der Waals surface area (Å²) < 4.78 is 39.2. The first-order valence-electron chi connectivity index (χ1n) is 7.02. The molecule has 106 valence electrons. The van der Waals surface area contributed by atoms with Crippen molar-refractivity contribution in [2.45, 2.75) is 44.2 Å². The molecule has 3 rings (SSSR count). The molecule has 0 bridgehead atoms. The number of fused-ring (bicyclic) bond motifs is 1. The lowest BCUT2D eigenvalue weighted by molar-refractivity contribution is -0.136. The van der Waals surface area contributed by atoms with E-state index in [0.717, 1.165) is 31.2 Å². The Labute approximate surface area is 115 Å². The van der Waals surface area contributed by atoms with Crippen LogP contribution in [0.15, 0.2) is 30.5 Å². The van der Waals surface area contributed by atoms with Crippen molar-refractivity contribution in [3.8, 4) is 0 Å². The van der Waals surface area contributed by atoms with E-state index in [1.54, 1.807) is 18.3 Å². The largest absolute Gasteiger partial charge is 0.417 e. The van der Waals surface area contributed by atoms with E-state index in [1.807, 2.05) is 0 Å². The summed E-state index contributed by atoms with van der Waals surface area (Å²) >= 11 is 0. The van der Waals surface area contributed by atoms with Gasteiger partial charge in [0.25, 0.3) is 0 Å². The van der Waals surface area contributed by atoms with Crippen molar-refractivity contribution in [2.75, 3.05) is 0 Å². The number of alkyl halides is 3. The lowest BCUT2D eigenvalue weighted by atomic mass is 9.82. The van der Waals surface area contributed by atoms with Gasteiger partial charge in [0, 0.05) is 11.6 Å². The molecular weight excluding hydrogens is 263 g/mol. The van der Waals surface area contributed by atoms with Crippen molar-refractivity contribution in [3.05, 3.63) is 41.6 Å². The summed E-state index contributed by atoms with van der Waals surface area (Å²) in [6, 6.07) is 5.95. The summed E-state index contributed by atoms with van der Waals surface area (Å²) in [5.74, 6) is 0.350. The second-order valence-electron chi connectivity index (χ2n) is 5.43. The molecule has 1 aromatic carbocycles. The van der Waals surface area contributed by atoms with Gasteiger partial charge in [-0.2, -0.15) is 13.2 Å². The normalized spacial score (nSPS) is 17.6. The van der Waals surface area contributed by atoms with Gasteiger partial charge < -0.3 is 0 Å². The van der Waals surface area contributed by atoms with Gasteiger partial charge in [-0.15, -0.1) is 0 Å². The monoisotopic (exact) mass is 279 g/mol. The zero-order valence-corrected chi connectivity index (χ0v) is 11.1. The fourth-order valence-corrected chi connectivity index (χ4v) is 3.18. The quantitative estimate of drug-likeness (QED) is 0.690. The molecule has 0 spiro atoms. The third kappa shape index (κ3) is 2.39. The average Bonchev–Trinajstić information content (AvgIpc) is 2.46. The average molecular weight is 279 g/mol.